The summed E-state index contributed by atoms with van der Waals surface area (Å²) >= 11 is 0. The average molecular weight is 131 g/mol. The molecule has 2 nitrogen and oxygen atoms in total. The van der Waals surface area contributed by atoms with Gasteiger partial charge in [-0.3, -0.25) is 0 Å². The van der Waals surface area contributed by atoms with E-state index in [-0.39, 0.29) is 6.04 Å². The first-order valence-electron chi connectivity index (χ1n) is 3.44. The molecule has 0 aromatic heterocycles. The molecule has 56 valence electrons. The zero-order chi connectivity index (χ0) is 7.49. The lowest BCUT2D eigenvalue weighted by Crippen LogP contribution is -2.44. The van der Waals surface area contributed by atoms with Gasteiger partial charge in [-0.05, 0) is 27.3 Å². The van der Waals surface area contributed by atoms with Crippen molar-refractivity contribution in [3.05, 3.63) is 0 Å². The molecule has 0 radical (unpaired) electrons. The highest BCUT2D eigenvalue weighted by molar-refractivity contribution is 4.78. The predicted octanol–water partition coefficient (Wildman–Crippen LogP) is 0.755. The van der Waals surface area contributed by atoms with Crippen LogP contribution in [0.5, 0.6) is 0 Å². The highest BCUT2D eigenvalue weighted by Crippen LogP contribution is 2.06. The summed E-state index contributed by atoms with van der Waals surface area (Å²) in [5, 5.41) is 12.5. The quantitative estimate of drug-likeness (QED) is 0.592. The summed E-state index contributed by atoms with van der Waals surface area (Å²) in [5.74, 6) is 0. The monoisotopic (exact) mass is 131 g/mol. The number of likely N-dealkylation sites (N-methyl/N-ethyl adjacent to an activating group) is 1. The van der Waals surface area contributed by atoms with E-state index in [2.05, 4.69) is 5.32 Å². The highest BCUT2D eigenvalue weighted by atomic mass is 16.3. The van der Waals surface area contributed by atoms with E-state index in [0.29, 0.717) is 0 Å². The van der Waals surface area contributed by atoms with Gasteiger partial charge < -0.3 is 10.4 Å². The molecule has 0 unspecified atom stereocenters. The molecule has 0 saturated heterocycles. The Morgan fingerprint density at radius 3 is 2.11 bits per heavy atom. The lowest BCUT2D eigenvalue weighted by Gasteiger charge is -2.26. The first-order valence-corrected chi connectivity index (χ1v) is 3.44. The third-order valence-electron chi connectivity index (χ3n) is 1.57. The van der Waals surface area contributed by atoms with Crippen LogP contribution in [-0.4, -0.2) is 23.3 Å². The van der Waals surface area contributed by atoms with Gasteiger partial charge in [-0.1, -0.05) is 6.92 Å². The maximum absolute atomic E-state index is 9.35. The largest absolute Gasteiger partial charge is 0.389 e. The standard InChI is InChI=1S/C7H17NO/c1-5-8-6(2)7(3,4)9/h6,8-9H,5H2,1-4H3/t6-/m0/s1. The Labute approximate surface area is 57.3 Å². The fourth-order valence-corrected chi connectivity index (χ4v) is 0.556. The van der Waals surface area contributed by atoms with Gasteiger partial charge in [0.25, 0.3) is 0 Å². The average Bonchev–Trinajstić information content (AvgIpc) is 1.64. The van der Waals surface area contributed by atoms with E-state index < -0.39 is 5.60 Å². The summed E-state index contributed by atoms with van der Waals surface area (Å²) in [6.45, 7) is 8.53. The van der Waals surface area contributed by atoms with Crippen molar-refractivity contribution in [3.63, 3.8) is 0 Å². The molecular weight excluding hydrogens is 114 g/mol. The second-order valence-electron chi connectivity index (χ2n) is 2.93. The number of hydrogen-bond acceptors (Lipinski definition) is 2. The van der Waals surface area contributed by atoms with Crippen molar-refractivity contribution in [2.75, 3.05) is 6.54 Å². The molecule has 1 atom stereocenters. The molecular formula is C7H17NO. The normalized spacial score (nSPS) is 15.7. The first kappa shape index (κ1) is 8.92. The van der Waals surface area contributed by atoms with E-state index >= 15 is 0 Å². The van der Waals surface area contributed by atoms with Crippen molar-refractivity contribution in [3.8, 4) is 0 Å². The number of rotatable bonds is 3. The van der Waals surface area contributed by atoms with Gasteiger partial charge in [0.2, 0.25) is 0 Å². The Bertz CT molecular complexity index is 75.5. The van der Waals surface area contributed by atoms with Crippen LogP contribution in [0.15, 0.2) is 0 Å². The Morgan fingerprint density at radius 1 is 1.56 bits per heavy atom. The minimum atomic E-state index is -0.601. The van der Waals surface area contributed by atoms with Crippen molar-refractivity contribution < 1.29 is 5.11 Å². The van der Waals surface area contributed by atoms with E-state index in [9.17, 15) is 5.11 Å². The second-order valence-corrected chi connectivity index (χ2v) is 2.93. The second kappa shape index (κ2) is 3.18. The van der Waals surface area contributed by atoms with Crippen LogP contribution < -0.4 is 5.32 Å². The van der Waals surface area contributed by atoms with Crippen LogP contribution in [0.1, 0.15) is 27.7 Å². The minimum Gasteiger partial charge on any atom is -0.389 e. The van der Waals surface area contributed by atoms with Crippen LogP contribution in [0, 0.1) is 0 Å². The Hall–Kier alpha value is -0.0800. The zero-order valence-corrected chi connectivity index (χ0v) is 6.73. The molecule has 2 heteroatoms. The van der Waals surface area contributed by atoms with E-state index in [4.69, 9.17) is 0 Å². The van der Waals surface area contributed by atoms with Gasteiger partial charge >= 0.3 is 0 Å². The Balaban J connectivity index is 3.59. The maximum Gasteiger partial charge on any atom is 0.0741 e. The summed E-state index contributed by atoms with van der Waals surface area (Å²) in [6.07, 6.45) is 0. The highest BCUT2D eigenvalue weighted by Gasteiger charge is 2.20. The van der Waals surface area contributed by atoms with Crippen molar-refractivity contribution in [1.82, 2.24) is 5.32 Å². The van der Waals surface area contributed by atoms with Crippen LogP contribution >= 0.6 is 0 Å². The van der Waals surface area contributed by atoms with Gasteiger partial charge in [-0.15, -0.1) is 0 Å². The molecule has 0 rings (SSSR count). The third-order valence-corrected chi connectivity index (χ3v) is 1.57. The van der Waals surface area contributed by atoms with E-state index in [1.807, 2.05) is 13.8 Å². The van der Waals surface area contributed by atoms with Gasteiger partial charge in [-0.2, -0.15) is 0 Å². The SMILES string of the molecule is CCN[C@@H](C)C(C)(C)O. The van der Waals surface area contributed by atoms with Gasteiger partial charge in [0, 0.05) is 6.04 Å². The Kier molecular flexibility index (Phi) is 3.15. The maximum atomic E-state index is 9.35. The zero-order valence-electron chi connectivity index (χ0n) is 6.73. The molecule has 0 bridgehead atoms. The number of nitrogens with one attached hydrogen (secondary N) is 1. The van der Waals surface area contributed by atoms with Crippen LogP contribution in [0.25, 0.3) is 0 Å². The fraction of sp³-hybridized carbons (Fsp3) is 1.00. The van der Waals surface area contributed by atoms with E-state index in [1.54, 1.807) is 13.8 Å². The summed E-state index contributed by atoms with van der Waals surface area (Å²) in [6, 6.07) is 0.169. The topological polar surface area (TPSA) is 32.3 Å². The summed E-state index contributed by atoms with van der Waals surface area (Å²) in [5.41, 5.74) is -0.601. The van der Waals surface area contributed by atoms with Gasteiger partial charge in [0.15, 0.2) is 0 Å². The third kappa shape index (κ3) is 3.49. The van der Waals surface area contributed by atoms with Crippen molar-refractivity contribution >= 4 is 0 Å². The van der Waals surface area contributed by atoms with Gasteiger partial charge in [-0.25, -0.2) is 0 Å². The van der Waals surface area contributed by atoms with Gasteiger partial charge in [0.1, 0.15) is 0 Å². The predicted molar refractivity (Wildman–Crippen MR) is 39.4 cm³/mol. The molecule has 0 fully saturated rings. The molecule has 0 amide bonds. The van der Waals surface area contributed by atoms with E-state index in [0.717, 1.165) is 6.54 Å². The van der Waals surface area contributed by atoms with Crippen molar-refractivity contribution in [2.24, 2.45) is 0 Å². The molecule has 0 heterocycles. The molecule has 0 aliphatic heterocycles. The van der Waals surface area contributed by atoms with Crippen LogP contribution in [0.2, 0.25) is 0 Å². The molecule has 0 aliphatic carbocycles. The fourth-order valence-electron chi connectivity index (χ4n) is 0.556. The summed E-state index contributed by atoms with van der Waals surface area (Å²) < 4.78 is 0. The van der Waals surface area contributed by atoms with E-state index in [1.165, 1.54) is 0 Å². The van der Waals surface area contributed by atoms with Crippen molar-refractivity contribution in [2.45, 2.75) is 39.3 Å². The van der Waals surface area contributed by atoms with Crippen molar-refractivity contribution in [1.29, 1.82) is 0 Å². The molecule has 0 aromatic rings. The smallest absolute Gasteiger partial charge is 0.0741 e. The minimum absolute atomic E-state index is 0.169. The van der Waals surface area contributed by atoms with Crippen LogP contribution in [0.3, 0.4) is 0 Å². The first-order chi connectivity index (χ1) is 3.98. The Morgan fingerprint density at radius 2 is 2.00 bits per heavy atom. The van der Waals surface area contributed by atoms with Crippen LogP contribution in [0.4, 0.5) is 0 Å². The molecule has 2 N–H and O–H groups in total. The molecule has 0 aromatic carbocycles. The molecule has 9 heavy (non-hydrogen) atoms. The molecule has 0 aliphatic rings. The number of aliphatic hydroxyl groups is 1. The number of hydrogen-bond donors (Lipinski definition) is 2. The van der Waals surface area contributed by atoms with Crippen LogP contribution in [-0.2, 0) is 0 Å². The summed E-state index contributed by atoms with van der Waals surface area (Å²) in [7, 11) is 0. The molecule has 0 spiro atoms. The van der Waals surface area contributed by atoms with Gasteiger partial charge in [0.05, 0.1) is 5.60 Å². The lowest BCUT2D eigenvalue weighted by molar-refractivity contribution is 0.0451. The summed E-state index contributed by atoms with van der Waals surface area (Å²) in [4.78, 5) is 0. The lowest BCUT2D eigenvalue weighted by atomic mass is 10.0. The molecule has 0 saturated carbocycles.